The van der Waals surface area contributed by atoms with Crippen LogP contribution in [-0.2, 0) is 11.3 Å². The molecule has 0 fully saturated rings. The molecule has 1 N–H and O–H groups in total. The number of carbonyl (C=O) groups excluding carboxylic acids is 1. The van der Waals surface area contributed by atoms with Crippen molar-refractivity contribution >= 4 is 5.91 Å². The summed E-state index contributed by atoms with van der Waals surface area (Å²) in [6.45, 7) is 4.53. The molecule has 0 radical (unpaired) electrons. The van der Waals surface area contributed by atoms with Gasteiger partial charge in [0.15, 0.2) is 0 Å². The second kappa shape index (κ2) is 5.37. The lowest BCUT2D eigenvalue weighted by Gasteiger charge is -2.09. The molecule has 14 heavy (non-hydrogen) atoms. The normalized spacial score (nSPS) is 12.1. The van der Waals surface area contributed by atoms with E-state index in [0.29, 0.717) is 6.54 Å². The van der Waals surface area contributed by atoms with Gasteiger partial charge in [-0.3, -0.25) is 9.78 Å². The Bertz CT molecular complexity index is 285. The zero-order valence-corrected chi connectivity index (χ0v) is 8.66. The van der Waals surface area contributed by atoms with Crippen LogP contribution < -0.4 is 5.32 Å². The van der Waals surface area contributed by atoms with E-state index in [0.717, 1.165) is 12.0 Å². The summed E-state index contributed by atoms with van der Waals surface area (Å²) in [5, 5.41) is 2.88. The van der Waals surface area contributed by atoms with Crippen LogP contribution in [-0.4, -0.2) is 10.9 Å². The molecule has 0 unspecified atom stereocenters. The van der Waals surface area contributed by atoms with E-state index in [1.807, 2.05) is 26.0 Å². The summed E-state index contributed by atoms with van der Waals surface area (Å²) >= 11 is 0. The fraction of sp³-hybridized carbons (Fsp3) is 0.455. The molecule has 0 spiro atoms. The van der Waals surface area contributed by atoms with Gasteiger partial charge in [0.2, 0.25) is 5.91 Å². The first-order valence-electron chi connectivity index (χ1n) is 4.90. The van der Waals surface area contributed by atoms with Gasteiger partial charge in [-0.05, 0) is 24.1 Å². The Morgan fingerprint density at radius 3 is 2.71 bits per heavy atom. The van der Waals surface area contributed by atoms with Crippen molar-refractivity contribution in [3.05, 3.63) is 30.1 Å². The first kappa shape index (κ1) is 10.7. The molecule has 1 aromatic heterocycles. The minimum atomic E-state index is 0.0943. The minimum absolute atomic E-state index is 0.0943. The zero-order valence-electron chi connectivity index (χ0n) is 8.66. The maximum absolute atomic E-state index is 11.4. The number of aromatic nitrogens is 1. The Hall–Kier alpha value is -1.38. The molecule has 0 saturated carbocycles. The molecule has 1 amide bonds. The fourth-order valence-electron chi connectivity index (χ4n) is 1.05. The first-order chi connectivity index (χ1) is 6.74. The van der Waals surface area contributed by atoms with Crippen molar-refractivity contribution in [3.8, 4) is 0 Å². The molecule has 0 aliphatic carbocycles. The van der Waals surface area contributed by atoms with Gasteiger partial charge in [0.05, 0.1) is 0 Å². The average molecular weight is 192 g/mol. The topological polar surface area (TPSA) is 42.0 Å². The molecule has 0 aliphatic heterocycles. The maximum Gasteiger partial charge on any atom is 0.223 e. The molecule has 0 saturated heterocycles. The Morgan fingerprint density at radius 1 is 1.50 bits per heavy atom. The lowest BCUT2D eigenvalue weighted by atomic mass is 10.1. The number of pyridine rings is 1. The van der Waals surface area contributed by atoms with Gasteiger partial charge in [-0.15, -0.1) is 0 Å². The van der Waals surface area contributed by atoms with Crippen molar-refractivity contribution in [2.45, 2.75) is 26.8 Å². The third kappa shape index (κ3) is 3.17. The zero-order chi connectivity index (χ0) is 10.4. The predicted octanol–water partition coefficient (Wildman–Crippen LogP) is 1.74. The highest BCUT2D eigenvalue weighted by molar-refractivity contribution is 5.78. The second-order valence-electron chi connectivity index (χ2n) is 3.38. The van der Waals surface area contributed by atoms with E-state index in [1.54, 1.807) is 12.4 Å². The molecule has 0 bridgehead atoms. The van der Waals surface area contributed by atoms with E-state index < -0.39 is 0 Å². The van der Waals surface area contributed by atoms with Crippen LogP contribution >= 0.6 is 0 Å². The third-order valence-corrected chi connectivity index (χ3v) is 2.28. The molecule has 3 heteroatoms. The van der Waals surface area contributed by atoms with Crippen molar-refractivity contribution in [2.24, 2.45) is 5.92 Å². The molecule has 0 aliphatic rings. The van der Waals surface area contributed by atoms with E-state index in [1.165, 1.54) is 0 Å². The summed E-state index contributed by atoms with van der Waals surface area (Å²) in [4.78, 5) is 15.3. The van der Waals surface area contributed by atoms with Gasteiger partial charge in [-0.25, -0.2) is 0 Å². The molecular weight excluding hydrogens is 176 g/mol. The van der Waals surface area contributed by atoms with Crippen LogP contribution in [0.25, 0.3) is 0 Å². The average Bonchev–Trinajstić information content (AvgIpc) is 2.26. The van der Waals surface area contributed by atoms with Gasteiger partial charge in [-0.2, -0.15) is 0 Å². The molecular formula is C11H16N2O. The van der Waals surface area contributed by atoms with Crippen LogP contribution in [0, 0.1) is 5.92 Å². The van der Waals surface area contributed by atoms with Gasteiger partial charge >= 0.3 is 0 Å². The largest absolute Gasteiger partial charge is 0.352 e. The maximum atomic E-state index is 11.4. The molecule has 0 aromatic carbocycles. The van der Waals surface area contributed by atoms with Crippen molar-refractivity contribution in [3.63, 3.8) is 0 Å². The summed E-state index contributed by atoms with van der Waals surface area (Å²) in [5.41, 5.74) is 1.08. The second-order valence-corrected chi connectivity index (χ2v) is 3.38. The highest BCUT2D eigenvalue weighted by Gasteiger charge is 2.08. The minimum Gasteiger partial charge on any atom is -0.352 e. The summed E-state index contributed by atoms with van der Waals surface area (Å²) in [7, 11) is 0. The molecule has 1 aromatic rings. The van der Waals surface area contributed by atoms with Crippen molar-refractivity contribution in [1.29, 1.82) is 0 Å². The summed E-state index contributed by atoms with van der Waals surface area (Å²) in [5.74, 6) is 0.209. The van der Waals surface area contributed by atoms with Crippen LogP contribution in [0.1, 0.15) is 25.8 Å². The monoisotopic (exact) mass is 192 g/mol. The Kier molecular flexibility index (Phi) is 4.11. The van der Waals surface area contributed by atoms with Crippen molar-refractivity contribution in [2.75, 3.05) is 0 Å². The number of nitrogens with zero attached hydrogens (tertiary/aromatic N) is 1. The standard InChI is InChI=1S/C11H16N2O/c1-3-9(2)11(14)13-8-10-4-6-12-7-5-10/h4-7,9H,3,8H2,1-2H3,(H,13,14)/t9-/m1/s1. The highest BCUT2D eigenvalue weighted by Crippen LogP contribution is 2.01. The molecule has 3 nitrogen and oxygen atoms in total. The SMILES string of the molecule is CC[C@@H](C)C(=O)NCc1ccncc1. The van der Waals surface area contributed by atoms with Crippen molar-refractivity contribution < 1.29 is 4.79 Å². The van der Waals surface area contributed by atoms with Gasteiger partial charge in [0.1, 0.15) is 0 Å². The number of nitrogens with one attached hydrogen (secondary N) is 1. The number of carbonyl (C=O) groups is 1. The van der Waals surface area contributed by atoms with Crippen LogP contribution in [0.4, 0.5) is 0 Å². The van der Waals surface area contributed by atoms with Crippen molar-refractivity contribution in [1.82, 2.24) is 10.3 Å². The fourth-order valence-corrected chi connectivity index (χ4v) is 1.05. The molecule has 1 atom stereocenters. The van der Waals surface area contributed by atoms with Crippen LogP contribution in [0.15, 0.2) is 24.5 Å². The number of hydrogen-bond donors (Lipinski definition) is 1. The summed E-state index contributed by atoms with van der Waals surface area (Å²) in [6.07, 6.45) is 4.33. The molecule has 76 valence electrons. The Balaban J connectivity index is 2.38. The van der Waals surface area contributed by atoms with E-state index in [9.17, 15) is 4.79 Å². The quantitative estimate of drug-likeness (QED) is 0.789. The number of rotatable bonds is 4. The Labute approximate surface area is 84.6 Å². The van der Waals surface area contributed by atoms with Crippen LogP contribution in [0.2, 0.25) is 0 Å². The van der Waals surface area contributed by atoms with E-state index in [4.69, 9.17) is 0 Å². The van der Waals surface area contributed by atoms with Crippen LogP contribution in [0.3, 0.4) is 0 Å². The van der Waals surface area contributed by atoms with E-state index >= 15 is 0 Å². The smallest absolute Gasteiger partial charge is 0.223 e. The van der Waals surface area contributed by atoms with Crippen LogP contribution in [0.5, 0.6) is 0 Å². The van der Waals surface area contributed by atoms with E-state index in [-0.39, 0.29) is 11.8 Å². The summed E-state index contributed by atoms with van der Waals surface area (Å²) in [6, 6.07) is 3.80. The highest BCUT2D eigenvalue weighted by atomic mass is 16.1. The predicted molar refractivity (Wildman–Crippen MR) is 55.5 cm³/mol. The van der Waals surface area contributed by atoms with Gasteiger partial charge in [0, 0.05) is 24.9 Å². The lowest BCUT2D eigenvalue weighted by Crippen LogP contribution is -2.28. The van der Waals surface area contributed by atoms with E-state index in [2.05, 4.69) is 10.3 Å². The summed E-state index contributed by atoms with van der Waals surface area (Å²) < 4.78 is 0. The Morgan fingerprint density at radius 2 is 2.14 bits per heavy atom. The number of amides is 1. The number of hydrogen-bond acceptors (Lipinski definition) is 2. The molecule has 1 rings (SSSR count). The van der Waals surface area contributed by atoms with Gasteiger partial charge in [-0.1, -0.05) is 13.8 Å². The lowest BCUT2D eigenvalue weighted by molar-refractivity contribution is -0.124. The van der Waals surface area contributed by atoms with Gasteiger partial charge in [0.25, 0.3) is 0 Å². The third-order valence-electron chi connectivity index (χ3n) is 2.28. The molecule has 1 heterocycles. The first-order valence-corrected chi connectivity index (χ1v) is 4.90. The van der Waals surface area contributed by atoms with Gasteiger partial charge < -0.3 is 5.32 Å².